The predicted octanol–water partition coefficient (Wildman–Crippen LogP) is 1.34. The fourth-order valence-electron chi connectivity index (χ4n) is 2.62. The molecule has 3 amide bonds. The number of carbonyl (C=O) groups excluding carboxylic acids is 2. The number of nitrogens with zero attached hydrogens (tertiary/aromatic N) is 2. The van der Waals surface area contributed by atoms with Gasteiger partial charge in [-0.25, -0.2) is 9.78 Å². The van der Waals surface area contributed by atoms with Crippen LogP contribution >= 0.6 is 0 Å². The van der Waals surface area contributed by atoms with Crippen LogP contribution in [-0.4, -0.2) is 43.2 Å². The largest absolute Gasteiger partial charge is 0.378 e. The summed E-state index contributed by atoms with van der Waals surface area (Å²) in [6, 6.07) is 10.0. The zero-order valence-electron chi connectivity index (χ0n) is 14.3. The van der Waals surface area contributed by atoms with Crippen molar-refractivity contribution in [3.8, 4) is 0 Å². The highest BCUT2D eigenvalue weighted by Gasteiger charge is 2.12. The Morgan fingerprint density at radius 1 is 1.12 bits per heavy atom. The van der Waals surface area contributed by atoms with Crippen molar-refractivity contribution in [3.63, 3.8) is 0 Å². The lowest BCUT2D eigenvalue weighted by molar-refractivity contribution is 0.102. The summed E-state index contributed by atoms with van der Waals surface area (Å²) in [4.78, 5) is 29.5. The predicted molar refractivity (Wildman–Crippen MR) is 98.1 cm³/mol. The molecule has 0 spiro atoms. The molecule has 2 aromatic rings. The van der Waals surface area contributed by atoms with E-state index >= 15 is 0 Å². The van der Waals surface area contributed by atoms with Crippen molar-refractivity contribution in [3.05, 3.63) is 53.7 Å². The van der Waals surface area contributed by atoms with Gasteiger partial charge in [-0.15, -0.1) is 0 Å². The monoisotopic (exact) mass is 355 g/mol. The van der Waals surface area contributed by atoms with E-state index in [4.69, 9.17) is 10.5 Å². The van der Waals surface area contributed by atoms with Crippen LogP contribution in [0.4, 0.5) is 16.3 Å². The summed E-state index contributed by atoms with van der Waals surface area (Å²) in [6.45, 7) is 3.42. The first-order chi connectivity index (χ1) is 12.6. The molecular weight excluding hydrogens is 334 g/mol. The van der Waals surface area contributed by atoms with Crippen LogP contribution in [0, 0.1) is 0 Å². The second-order valence-corrected chi connectivity index (χ2v) is 5.87. The van der Waals surface area contributed by atoms with Crippen molar-refractivity contribution in [2.75, 3.05) is 36.5 Å². The average Bonchev–Trinajstić information content (AvgIpc) is 2.68. The Morgan fingerprint density at radius 3 is 2.46 bits per heavy atom. The number of anilines is 2. The molecule has 0 bridgehead atoms. The third-order valence-electron chi connectivity index (χ3n) is 4.05. The number of benzene rings is 1. The molecule has 26 heavy (non-hydrogen) atoms. The van der Waals surface area contributed by atoms with E-state index in [2.05, 4.69) is 20.5 Å². The summed E-state index contributed by atoms with van der Waals surface area (Å²) in [7, 11) is 0. The van der Waals surface area contributed by atoms with E-state index in [1.807, 2.05) is 6.07 Å². The van der Waals surface area contributed by atoms with Crippen LogP contribution in [0.5, 0.6) is 0 Å². The molecule has 0 unspecified atom stereocenters. The van der Waals surface area contributed by atoms with Crippen molar-refractivity contribution in [1.82, 2.24) is 10.3 Å². The number of primary amides is 1. The highest BCUT2D eigenvalue weighted by molar-refractivity contribution is 6.03. The van der Waals surface area contributed by atoms with E-state index in [0.29, 0.717) is 31.1 Å². The van der Waals surface area contributed by atoms with E-state index in [1.165, 1.54) is 0 Å². The average molecular weight is 355 g/mol. The number of aromatic nitrogens is 1. The van der Waals surface area contributed by atoms with Crippen LogP contribution in [0.25, 0.3) is 0 Å². The van der Waals surface area contributed by atoms with E-state index < -0.39 is 6.03 Å². The molecule has 8 heteroatoms. The molecule has 1 aromatic heterocycles. The summed E-state index contributed by atoms with van der Waals surface area (Å²) in [5.41, 5.74) is 7.41. The van der Waals surface area contributed by atoms with Gasteiger partial charge in [-0.3, -0.25) is 4.79 Å². The number of rotatable bonds is 5. The first kappa shape index (κ1) is 17.7. The van der Waals surface area contributed by atoms with Crippen LogP contribution in [-0.2, 0) is 11.3 Å². The molecule has 0 radical (unpaired) electrons. The molecule has 136 valence electrons. The molecular formula is C18H21N5O3. The van der Waals surface area contributed by atoms with Crippen LogP contribution in [0.2, 0.25) is 0 Å². The minimum Gasteiger partial charge on any atom is -0.378 e. The Labute approximate surface area is 151 Å². The number of carbonyl (C=O) groups is 2. The minimum atomic E-state index is -0.585. The second-order valence-electron chi connectivity index (χ2n) is 5.87. The Bertz CT molecular complexity index is 755. The van der Waals surface area contributed by atoms with Gasteiger partial charge in [0.05, 0.1) is 25.1 Å². The van der Waals surface area contributed by atoms with E-state index in [-0.39, 0.29) is 5.91 Å². The number of ether oxygens (including phenoxy) is 1. The van der Waals surface area contributed by atoms with Gasteiger partial charge in [0.25, 0.3) is 5.91 Å². The number of morpholine rings is 1. The molecule has 0 atom stereocenters. The molecule has 1 aliphatic rings. The zero-order valence-corrected chi connectivity index (χ0v) is 14.3. The fraction of sp³-hybridized carbons (Fsp3) is 0.278. The number of nitrogens with one attached hydrogen (secondary N) is 2. The molecule has 1 saturated heterocycles. The van der Waals surface area contributed by atoms with Gasteiger partial charge in [0.15, 0.2) is 0 Å². The number of pyridine rings is 1. The van der Waals surface area contributed by atoms with Crippen molar-refractivity contribution < 1.29 is 14.3 Å². The number of nitrogens with two attached hydrogens (primary N) is 1. The zero-order chi connectivity index (χ0) is 18.4. The number of amides is 3. The first-order valence-electron chi connectivity index (χ1n) is 8.34. The smallest absolute Gasteiger partial charge is 0.312 e. The van der Waals surface area contributed by atoms with Crippen molar-refractivity contribution >= 4 is 23.4 Å². The summed E-state index contributed by atoms with van der Waals surface area (Å²) in [6.07, 6.45) is 1.75. The first-order valence-corrected chi connectivity index (χ1v) is 8.34. The normalized spacial score (nSPS) is 13.9. The topological polar surface area (TPSA) is 110 Å². The summed E-state index contributed by atoms with van der Waals surface area (Å²) in [5.74, 6) is 0.248. The van der Waals surface area contributed by atoms with Gasteiger partial charge in [-0.1, -0.05) is 12.1 Å². The molecule has 1 aliphatic heterocycles. The van der Waals surface area contributed by atoms with Crippen LogP contribution in [0.1, 0.15) is 15.9 Å². The van der Waals surface area contributed by atoms with Crippen LogP contribution in [0.3, 0.4) is 0 Å². The van der Waals surface area contributed by atoms with Crippen molar-refractivity contribution in [2.45, 2.75) is 6.54 Å². The third-order valence-corrected chi connectivity index (χ3v) is 4.05. The van der Waals surface area contributed by atoms with E-state index in [9.17, 15) is 9.59 Å². The lowest BCUT2D eigenvalue weighted by Crippen LogP contribution is -2.36. The number of hydrogen-bond acceptors (Lipinski definition) is 5. The molecule has 0 aliphatic carbocycles. The molecule has 2 heterocycles. The molecule has 1 fully saturated rings. The fourth-order valence-corrected chi connectivity index (χ4v) is 2.62. The maximum Gasteiger partial charge on any atom is 0.312 e. The second kappa shape index (κ2) is 8.30. The summed E-state index contributed by atoms with van der Waals surface area (Å²) in [5, 5.41) is 5.27. The van der Waals surface area contributed by atoms with Gasteiger partial charge < -0.3 is 26.0 Å². The molecule has 8 nitrogen and oxygen atoms in total. The Kier molecular flexibility index (Phi) is 5.65. The molecule has 0 saturated carbocycles. The van der Waals surface area contributed by atoms with Crippen LogP contribution < -0.4 is 21.3 Å². The minimum absolute atomic E-state index is 0.244. The van der Waals surface area contributed by atoms with Gasteiger partial charge in [0.1, 0.15) is 5.82 Å². The lowest BCUT2D eigenvalue weighted by Gasteiger charge is -2.28. The van der Waals surface area contributed by atoms with Gasteiger partial charge in [0, 0.05) is 25.2 Å². The Morgan fingerprint density at radius 2 is 1.85 bits per heavy atom. The lowest BCUT2D eigenvalue weighted by atomic mass is 10.1. The summed E-state index contributed by atoms with van der Waals surface area (Å²) < 4.78 is 5.34. The highest BCUT2D eigenvalue weighted by atomic mass is 16.5. The van der Waals surface area contributed by atoms with E-state index in [1.54, 1.807) is 36.5 Å². The van der Waals surface area contributed by atoms with E-state index in [0.717, 1.165) is 24.3 Å². The molecule has 4 N–H and O–H groups in total. The Hall–Kier alpha value is -3.13. The quantitative estimate of drug-likeness (QED) is 0.750. The van der Waals surface area contributed by atoms with Gasteiger partial charge in [-0.05, 0) is 29.8 Å². The number of urea groups is 1. The van der Waals surface area contributed by atoms with Crippen molar-refractivity contribution in [2.24, 2.45) is 5.73 Å². The summed E-state index contributed by atoms with van der Waals surface area (Å²) >= 11 is 0. The van der Waals surface area contributed by atoms with Gasteiger partial charge in [0.2, 0.25) is 0 Å². The number of hydrogen-bond donors (Lipinski definition) is 3. The van der Waals surface area contributed by atoms with Gasteiger partial charge >= 0.3 is 6.03 Å². The molecule has 1 aromatic carbocycles. The Balaban J connectivity index is 1.57. The van der Waals surface area contributed by atoms with Crippen molar-refractivity contribution in [1.29, 1.82) is 0 Å². The maximum absolute atomic E-state index is 12.3. The SMILES string of the molecule is NC(=O)NCc1ccc(C(=O)Nc2ccc(N3CCOCC3)cn2)cc1. The maximum atomic E-state index is 12.3. The molecule has 3 rings (SSSR count). The van der Waals surface area contributed by atoms with Gasteiger partial charge in [-0.2, -0.15) is 0 Å². The third kappa shape index (κ3) is 4.70. The highest BCUT2D eigenvalue weighted by Crippen LogP contribution is 2.17. The standard InChI is InChI=1S/C18H21N5O3/c19-18(25)21-11-13-1-3-14(4-2-13)17(24)22-16-6-5-15(12-20-16)23-7-9-26-10-8-23/h1-6,12H,7-11H2,(H3,19,21,25)(H,20,22,24). The van der Waals surface area contributed by atoms with Crippen LogP contribution in [0.15, 0.2) is 42.6 Å².